The molecule has 5 heteroatoms. The Morgan fingerprint density at radius 2 is 1.93 bits per heavy atom. The molecule has 0 radical (unpaired) electrons. The average Bonchev–Trinajstić information content (AvgIpc) is 2.12. The van der Waals surface area contributed by atoms with Crippen molar-refractivity contribution in [2.45, 2.75) is 39.2 Å². The number of carbonyl (C=O) groups excluding carboxylic acids is 2. The number of carbonyl (C=O) groups is 2. The van der Waals surface area contributed by atoms with Crippen LogP contribution in [0.1, 0.15) is 33.1 Å². The molecule has 0 bridgehead atoms. The normalized spacial score (nSPS) is 14.3. The van der Waals surface area contributed by atoms with Crippen molar-refractivity contribution in [3.05, 3.63) is 0 Å². The van der Waals surface area contributed by atoms with E-state index in [2.05, 4.69) is 5.32 Å². The zero-order valence-electron chi connectivity index (χ0n) is 9.45. The molecule has 0 aromatic carbocycles. The Bertz CT molecular complexity index is 219. The fourth-order valence-electron chi connectivity index (χ4n) is 1.29. The minimum absolute atomic E-state index is 0.0443. The lowest BCUT2D eigenvalue weighted by Gasteiger charge is -2.16. The summed E-state index contributed by atoms with van der Waals surface area (Å²) < 4.78 is 0. The number of hydrogen-bond acceptors (Lipinski definition) is 3. The third-order valence-electron chi connectivity index (χ3n) is 2.18. The predicted molar refractivity (Wildman–Crippen MR) is 58.9 cm³/mol. The maximum atomic E-state index is 11.5. The van der Waals surface area contributed by atoms with E-state index in [9.17, 15) is 9.59 Å². The summed E-state index contributed by atoms with van der Waals surface area (Å²) in [5, 5.41) is 2.74. The van der Waals surface area contributed by atoms with Gasteiger partial charge in [-0.15, -0.1) is 0 Å². The van der Waals surface area contributed by atoms with Crippen LogP contribution in [0.3, 0.4) is 0 Å². The number of nitrogens with one attached hydrogen (secondary N) is 1. The fraction of sp³-hybridized carbons (Fsp3) is 0.800. The number of nitrogens with two attached hydrogens (primary N) is 2. The van der Waals surface area contributed by atoms with Crippen LogP contribution in [0.25, 0.3) is 0 Å². The van der Waals surface area contributed by atoms with Gasteiger partial charge in [-0.3, -0.25) is 9.59 Å². The van der Waals surface area contributed by atoms with Crippen molar-refractivity contribution >= 4 is 11.8 Å². The Kier molecular flexibility index (Phi) is 6.70. The topological polar surface area (TPSA) is 98.2 Å². The second-order valence-electron chi connectivity index (χ2n) is 3.91. The molecule has 0 rings (SSSR count). The van der Waals surface area contributed by atoms with E-state index in [0.29, 0.717) is 6.54 Å². The minimum atomic E-state index is -0.405. The molecular formula is C10H21N3O2. The molecule has 88 valence electrons. The fourth-order valence-corrected chi connectivity index (χ4v) is 1.29. The van der Waals surface area contributed by atoms with Crippen LogP contribution < -0.4 is 16.8 Å². The van der Waals surface area contributed by atoms with Crippen molar-refractivity contribution in [1.29, 1.82) is 0 Å². The number of amides is 2. The second kappa shape index (κ2) is 7.23. The van der Waals surface area contributed by atoms with E-state index < -0.39 is 5.91 Å². The van der Waals surface area contributed by atoms with Gasteiger partial charge in [0.25, 0.3) is 0 Å². The first-order chi connectivity index (χ1) is 6.97. The summed E-state index contributed by atoms with van der Waals surface area (Å²) in [7, 11) is 0. The van der Waals surface area contributed by atoms with Crippen molar-refractivity contribution in [3.8, 4) is 0 Å². The van der Waals surface area contributed by atoms with Gasteiger partial charge in [-0.05, 0) is 26.3 Å². The Morgan fingerprint density at radius 3 is 2.40 bits per heavy atom. The van der Waals surface area contributed by atoms with Crippen molar-refractivity contribution in [3.63, 3.8) is 0 Å². The average molecular weight is 215 g/mol. The number of rotatable bonds is 7. The molecule has 0 spiro atoms. The van der Waals surface area contributed by atoms with Crippen LogP contribution in [0.5, 0.6) is 0 Å². The Hall–Kier alpha value is -1.10. The van der Waals surface area contributed by atoms with Crippen LogP contribution in [0, 0.1) is 5.92 Å². The van der Waals surface area contributed by atoms with Gasteiger partial charge in [-0.2, -0.15) is 0 Å². The standard InChI is InChI=1S/C10H21N3O2/c1-7(4-3-5-11)10(15)13-8(2)6-9(12)14/h7-8H,3-6,11H2,1-2H3,(H2,12,14)(H,13,15). The molecule has 0 heterocycles. The highest BCUT2D eigenvalue weighted by atomic mass is 16.2. The van der Waals surface area contributed by atoms with Gasteiger partial charge in [0.2, 0.25) is 11.8 Å². The molecular weight excluding hydrogens is 194 g/mol. The Morgan fingerprint density at radius 1 is 1.33 bits per heavy atom. The lowest BCUT2D eigenvalue weighted by atomic mass is 10.0. The van der Waals surface area contributed by atoms with E-state index >= 15 is 0 Å². The molecule has 0 saturated carbocycles. The largest absolute Gasteiger partial charge is 0.370 e. The van der Waals surface area contributed by atoms with Gasteiger partial charge in [0, 0.05) is 18.4 Å². The quantitative estimate of drug-likeness (QED) is 0.545. The summed E-state index contributed by atoms with van der Waals surface area (Å²) in [6.07, 6.45) is 1.78. The summed E-state index contributed by atoms with van der Waals surface area (Å²) in [6, 6.07) is -0.199. The van der Waals surface area contributed by atoms with Crippen LogP contribution >= 0.6 is 0 Å². The van der Waals surface area contributed by atoms with Crippen LogP contribution in [-0.2, 0) is 9.59 Å². The maximum Gasteiger partial charge on any atom is 0.223 e. The van der Waals surface area contributed by atoms with Crippen molar-refractivity contribution in [2.75, 3.05) is 6.54 Å². The molecule has 0 aromatic rings. The second-order valence-corrected chi connectivity index (χ2v) is 3.91. The highest BCUT2D eigenvalue weighted by molar-refractivity contribution is 5.80. The third-order valence-corrected chi connectivity index (χ3v) is 2.18. The Balaban J connectivity index is 3.85. The maximum absolute atomic E-state index is 11.5. The Labute approximate surface area is 90.6 Å². The van der Waals surface area contributed by atoms with Crippen molar-refractivity contribution in [1.82, 2.24) is 5.32 Å². The molecule has 5 N–H and O–H groups in total. The first kappa shape index (κ1) is 13.9. The van der Waals surface area contributed by atoms with E-state index in [0.717, 1.165) is 12.8 Å². The SMILES string of the molecule is CC(CC(N)=O)NC(=O)C(C)CCCN. The van der Waals surface area contributed by atoms with Crippen LogP contribution in [0.4, 0.5) is 0 Å². The molecule has 2 amide bonds. The monoisotopic (exact) mass is 215 g/mol. The molecule has 2 atom stereocenters. The summed E-state index contributed by atoms with van der Waals surface area (Å²) in [6.45, 7) is 4.20. The third kappa shape index (κ3) is 6.90. The zero-order valence-corrected chi connectivity index (χ0v) is 9.45. The van der Waals surface area contributed by atoms with Gasteiger partial charge in [0.1, 0.15) is 0 Å². The smallest absolute Gasteiger partial charge is 0.223 e. The lowest BCUT2D eigenvalue weighted by molar-refractivity contribution is -0.125. The van der Waals surface area contributed by atoms with E-state index in [1.54, 1.807) is 6.92 Å². The molecule has 5 nitrogen and oxygen atoms in total. The van der Waals surface area contributed by atoms with E-state index in [4.69, 9.17) is 11.5 Å². The van der Waals surface area contributed by atoms with E-state index in [-0.39, 0.29) is 24.3 Å². The van der Waals surface area contributed by atoms with Crippen molar-refractivity contribution in [2.24, 2.45) is 17.4 Å². The summed E-state index contributed by atoms with van der Waals surface area (Å²) in [5.41, 5.74) is 10.4. The molecule has 0 aromatic heterocycles. The predicted octanol–water partition coefficient (Wildman–Crippen LogP) is -0.258. The molecule has 15 heavy (non-hydrogen) atoms. The highest BCUT2D eigenvalue weighted by Crippen LogP contribution is 2.05. The first-order valence-electron chi connectivity index (χ1n) is 5.26. The summed E-state index contributed by atoms with van der Waals surface area (Å²) >= 11 is 0. The van der Waals surface area contributed by atoms with Crippen LogP contribution in [0.2, 0.25) is 0 Å². The lowest BCUT2D eigenvalue weighted by Crippen LogP contribution is -2.38. The van der Waals surface area contributed by atoms with E-state index in [1.807, 2.05) is 6.92 Å². The zero-order chi connectivity index (χ0) is 11.8. The molecule has 0 aliphatic heterocycles. The van der Waals surface area contributed by atoms with Gasteiger partial charge in [0.15, 0.2) is 0 Å². The van der Waals surface area contributed by atoms with E-state index in [1.165, 1.54) is 0 Å². The molecule has 0 saturated heterocycles. The van der Waals surface area contributed by atoms with Gasteiger partial charge in [0.05, 0.1) is 0 Å². The van der Waals surface area contributed by atoms with Gasteiger partial charge >= 0.3 is 0 Å². The summed E-state index contributed by atoms with van der Waals surface area (Å²) in [5.74, 6) is -0.515. The highest BCUT2D eigenvalue weighted by Gasteiger charge is 2.15. The van der Waals surface area contributed by atoms with Crippen molar-refractivity contribution < 1.29 is 9.59 Å². The molecule has 0 aliphatic carbocycles. The minimum Gasteiger partial charge on any atom is -0.370 e. The summed E-state index contributed by atoms with van der Waals surface area (Å²) in [4.78, 5) is 22.1. The number of primary amides is 1. The van der Waals surface area contributed by atoms with Gasteiger partial charge < -0.3 is 16.8 Å². The number of hydrogen-bond donors (Lipinski definition) is 3. The van der Waals surface area contributed by atoms with Crippen LogP contribution in [0.15, 0.2) is 0 Å². The first-order valence-corrected chi connectivity index (χ1v) is 5.26. The molecule has 0 fully saturated rings. The van der Waals surface area contributed by atoms with Crippen LogP contribution in [-0.4, -0.2) is 24.4 Å². The molecule has 2 unspecified atom stereocenters. The molecule has 0 aliphatic rings. The van der Waals surface area contributed by atoms with Gasteiger partial charge in [-0.1, -0.05) is 6.92 Å². The van der Waals surface area contributed by atoms with Gasteiger partial charge in [-0.25, -0.2) is 0 Å².